The normalized spacial score (nSPS) is 24.5. The van der Waals surface area contributed by atoms with E-state index in [1.807, 2.05) is 11.0 Å². The van der Waals surface area contributed by atoms with Crippen molar-refractivity contribution in [3.63, 3.8) is 0 Å². The van der Waals surface area contributed by atoms with Crippen molar-refractivity contribution in [2.45, 2.75) is 43.9 Å². The number of nitrogens with zero attached hydrogens (tertiary/aromatic N) is 2. The molecule has 1 unspecified atom stereocenters. The van der Waals surface area contributed by atoms with Crippen LogP contribution in [0.4, 0.5) is 10.5 Å². The standard InChI is InChI=1S/C23H26N2O/c26-22(25-15-6-10-19-8-2-4-12-21(19)25)24-16-14-23(17-24)13-5-9-18-7-1-3-11-20(18)23/h1-4,7-8,11-12H,5-6,9-10,13-17H2. The van der Waals surface area contributed by atoms with Gasteiger partial charge in [-0.15, -0.1) is 0 Å². The molecule has 1 aliphatic carbocycles. The maximum Gasteiger partial charge on any atom is 0.324 e. The Labute approximate surface area is 155 Å². The molecule has 0 aromatic heterocycles. The topological polar surface area (TPSA) is 23.6 Å². The lowest BCUT2D eigenvalue weighted by Gasteiger charge is -2.37. The fraction of sp³-hybridized carbons (Fsp3) is 0.435. The van der Waals surface area contributed by atoms with Gasteiger partial charge in [-0.3, -0.25) is 4.90 Å². The van der Waals surface area contributed by atoms with Crippen molar-refractivity contribution >= 4 is 11.7 Å². The Morgan fingerprint density at radius 3 is 2.54 bits per heavy atom. The lowest BCUT2D eigenvalue weighted by Crippen LogP contribution is -2.46. The van der Waals surface area contributed by atoms with Crippen LogP contribution in [0.5, 0.6) is 0 Å². The van der Waals surface area contributed by atoms with Gasteiger partial charge in [-0.05, 0) is 61.3 Å². The summed E-state index contributed by atoms with van der Waals surface area (Å²) in [6, 6.07) is 17.5. The molecule has 3 heteroatoms. The first-order chi connectivity index (χ1) is 12.8. The third-order valence-corrected chi connectivity index (χ3v) is 6.66. The number of hydrogen-bond donors (Lipinski definition) is 0. The number of likely N-dealkylation sites (tertiary alicyclic amines) is 1. The summed E-state index contributed by atoms with van der Waals surface area (Å²) in [6.07, 6.45) is 6.88. The number of benzene rings is 2. The van der Waals surface area contributed by atoms with Crippen LogP contribution in [0.15, 0.2) is 48.5 Å². The third-order valence-electron chi connectivity index (χ3n) is 6.66. The van der Waals surface area contributed by atoms with Crippen LogP contribution in [0.2, 0.25) is 0 Å². The maximum atomic E-state index is 13.4. The van der Waals surface area contributed by atoms with Crippen LogP contribution >= 0.6 is 0 Å². The van der Waals surface area contributed by atoms with Gasteiger partial charge in [0.25, 0.3) is 0 Å². The van der Waals surface area contributed by atoms with E-state index < -0.39 is 0 Å². The van der Waals surface area contributed by atoms with Crippen molar-refractivity contribution < 1.29 is 4.79 Å². The number of para-hydroxylation sites is 1. The number of rotatable bonds is 0. The molecule has 26 heavy (non-hydrogen) atoms. The van der Waals surface area contributed by atoms with Gasteiger partial charge in [-0.25, -0.2) is 4.79 Å². The molecular formula is C23H26N2O. The summed E-state index contributed by atoms with van der Waals surface area (Å²) in [5, 5.41) is 0. The molecule has 2 aromatic carbocycles. The molecule has 3 aliphatic rings. The zero-order valence-corrected chi connectivity index (χ0v) is 15.3. The van der Waals surface area contributed by atoms with Gasteiger partial charge in [-0.1, -0.05) is 42.5 Å². The van der Waals surface area contributed by atoms with Crippen molar-refractivity contribution in [2.75, 3.05) is 24.5 Å². The molecule has 0 saturated carbocycles. The molecule has 0 bridgehead atoms. The second-order valence-corrected chi connectivity index (χ2v) is 8.13. The zero-order valence-electron chi connectivity index (χ0n) is 15.3. The van der Waals surface area contributed by atoms with E-state index in [1.165, 1.54) is 36.0 Å². The highest BCUT2D eigenvalue weighted by molar-refractivity contribution is 5.93. The third kappa shape index (κ3) is 2.45. The summed E-state index contributed by atoms with van der Waals surface area (Å²) in [7, 11) is 0. The largest absolute Gasteiger partial charge is 0.324 e. The second kappa shape index (κ2) is 6.15. The van der Waals surface area contributed by atoms with Crippen LogP contribution < -0.4 is 4.90 Å². The highest BCUT2D eigenvalue weighted by atomic mass is 16.2. The van der Waals surface area contributed by atoms with Crippen LogP contribution in [0.3, 0.4) is 0 Å². The maximum absolute atomic E-state index is 13.4. The Morgan fingerprint density at radius 1 is 0.846 bits per heavy atom. The predicted octanol–water partition coefficient (Wildman–Crippen LogP) is 4.54. The molecular weight excluding hydrogens is 320 g/mol. The average molecular weight is 346 g/mol. The highest BCUT2D eigenvalue weighted by Gasteiger charge is 2.44. The average Bonchev–Trinajstić information content (AvgIpc) is 3.12. The van der Waals surface area contributed by atoms with E-state index in [2.05, 4.69) is 47.4 Å². The van der Waals surface area contributed by atoms with E-state index in [1.54, 1.807) is 0 Å². The Morgan fingerprint density at radius 2 is 1.62 bits per heavy atom. The van der Waals surface area contributed by atoms with Crippen LogP contribution in [-0.4, -0.2) is 30.6 Å². The highest BCUT2D eigenvalue weighted by Crippen LogP contribution is 2.44. The lowest BCUT2D eigenvalue weighted by atomic mass is 9.69. The molecule has 5 rings (SSSR count). The van der Waals surface area contributed by atoms with E-state index in [4.69, 9.17) is 0 Å². The van der Waals surface area contributed by atoms with Crippen molar-refractivity contribution in [3.05, 3.63) is 65.2 Å². The molecule has 0 N–H and O–H groups in total. The molecule has 2 aromatic rings. The minimum atomic E-state index is 0.180. The minimum absolute atomic E-state index is 0.180. The van der Waals surface area contributed by atoms with E-state index in [-0.39, 0.29) is 11.4 Å². The summed E-state index contributed by atoms with van der Waals surface area (Å²) in [5.41, 5.74) is 5.61. The van der Waals surface area contributed by atoms with Gasteiger partial charge in [0.2, 0.25) is 0 Å². The SMILES string of the molecule is O=C(N1CCC2(CCCc3ccccc32)C1)N1CCCc2ccccc21. The molecule has 1 atom stereocenters. The quantitative estimate of drug-likeness (QED) is 0.687. The molecule has 3 nitrogen and oxygen atoms in total. The fourth-order valence-corrected chi connectivity index (χ4v) is 5.37. The summed E-state index contributed by atoms with van der Waals surface area (Å²) >= 11 is 0. The van der Waals surface area contributed by atoms with Crippen molar-refractivity contribution in [1.29, 1.82) is 0 Å². The number of carbonyl (C=O) groups excluding carboxylic acids is 1. The molecule has 1 spiro atoms. The van der Waals surface area contributed by atoms with Crippen molar-refractivity contribution in [1.82, 2.24) is 4.90 Å². The Bertz CT molecular complexity index is 846. The first-order valence-corrected chi connectivity index (χ1v) is 10.00. The van der Waals surface area contributed by atoms with Gasteiger partial charge in [-0.2, -0.15) is 0 Å². The number of urea groups is 1. The van der Waals surface area contributed by atoms with E-state index in [0.717, 1.165) is 44.6 Å². The minimum Gasteiger partial charge on any atom is -0.323 e. The van der Waals surface area contributed by atoms with E-state index in [0.29, 0.717) is 0 Å². The number of carbonyl (C=O) groups is 1. The van der Waals surface area contributed by atoms with Crippen molar-refractivity contribution in [3.8, 4) is 0 Å². The van der Waals surface area contributed by atoms with Gasteiger partial charge in [0.15, 0.2) is 0 Å². The van der Waals surface area contributed by atoms with Gasteiger partial charge < -0.3 is 4.90 Å². The molecule has 1 fully saturated rings. The van der Waals surface area contributed by atoms with Gasteiger partial charge in [0.1, 0.15) is 0 Å². The van der Waals surface area contributed by atoms with Crippen LogP contribution in [0.25, 0.3) is 0 Å². The van der Waals surface area contributed by atoms with Gasteiger partial charge in [0.05, 0.1) is 0 Å². The predicted molar refractivity (Wildman–Crippen MR) is 105 cm³/mol. The summed E-state index contributed by atoms with van der Waals surface area (Å²) in [6.45, 7) is 2.60. The van der Waals surface area contributed by atoms with Crippen LogP contribution in [-0.2, 0) is 18.3 Å². The number of aryl methyl sites for hydroxylation is 2. The van der Waals surface area contributed by atoms with E-state index in [9.17, 15) is 4.79 Å². The van der Waals surface area contributed by atoms with Crippen LogP contribution in [0, 0.1) is 0 Å². The molecule has 134 valence electrons. The molecule has 2 heterocycles. The second-order valence-electron chi connectivity index (χ2n) is 8.13. The van der Waals surface area contributed by atoms with Gasteiger partial charge >= 0.3 is 6.03 Å². The Kier molecular flexibility index (Phi) is 3.77. The molecule has 2 amide bonds. The summed E-state index contributed by atoms with van der Waals surface area (Å²) in [4.78, 5) is 17.5. The van der Waals surface area contributed by atoms with Crippen LogP contribution in [0.1, 0.15) is 42.4 Å². The summed E-state index contributed by atoms with van der Waals surface area (Å²) < 4.78 is 0. The summed E-state index contributed by atoms with van der Waals surface area (Å²) in [5.74, 6) is 0. The lowest BCUT2D eigenvalue weighted by molar-refractivity contribution is 0.210. The monoisotopic (exact) mass is 346 g/mol. The van der Waals surface area contributed by atoms with Crippen molar-refractivity contribution in [2.24, 2.45) is 0 Å². The van der Waals surface area contributed by atoms with E-state index >= 15 is 0 Å². The Balaban J connectivity index is 1.42. The fourth-order valence-electron chi connectivity index (χ4n) is 5.37. The number of anilines is 1. The zero-order chi connectivity index (χ0) is 17.6. The first kappa shape index (κ1) is 15.9. The Hall–Kier alpha value is -2.29. The smallest absolute Gasteiger partial charge is 0.323 e. The number of fused-ring (bicyclic) bond motifs is 3. The van der Waals surface area contributed by atoms with Gasteiger partial charge in [0, 0.05) is 30.7 Å². The number of hydrogen-bond acceptors (Lipinski definition) is 1. The molecule has 2 aliphatic heterocycles. The molecule has 1 saturated heterocycles. The number of amides is 2. The molecule has 0 radical (unpaired) electrons. The first-order valence-electron chi connectivity index (χ1n) is 10.00.